The average molecular weight is 177 g/mol. The number of aromatic nitrogens is 1. The molecule has 1 aromatic rings. The van der Waals surface area contributed by atoms with Gasteiger partial charge in [0.15, 0.2) is 5.01 Å². The van der Waals surface area contributed by atoms with Gasteiger partial charge in [-0.3, -0.25) is 4.79 Å². The molecule has 3 nitrogen and oxygen atoms in total. The SMILES string of the molecule is Cc1nc(C(N)=O)sc1Cl. The number of carbonyl (C=O) groups excluding carboxylic acids is 1. The van der Waals surface area contributed by atoms with E-state index in [4.69, 9.17) is 17.3 Å². The van der Waals surface area contributed by atoms with Crippen LogP contribution in [0.4, 0.5) is 0 Å². The first kappa shape index (κ1) is 7.50. The Balaban J connectivity index is 3.10. The topological polar surface area (TPSA) is 56.0 Å². The molecule has 1 heterocycles. The van der Waals surface area contributed by atoms with Crippen LogP contribution in [0.1, 0.15) is 15.5 Å². The van der Waals surface area contributed by atoms with Crippen LogP contribution < -0.4 is 5.73 Å². The largest absolute Gasteiger partial charge is 0.364 e. The molecule has 0 fully saturated rings. The molecule has 0 unspecified atom stereocenters. The van der Waals surface area contributed by atoms with Crippen molar-refractivity contribution in [1.29, 1.82) is 0 Å². The highest BCUT2D eigenvalue weighted by molar-refractivity contribution is 7.17. The van der Waals surface area contributed by atoms with E-state index in [2.05, 4.69) is 4.98 Å². The summed E-state index contributed by atoms with van der Waals surface area (Å²) >= 11 is 6.72. The first-order chi connectivity index (χ1) is 4.61. The predicted molar refractivity (Wildman–Crippen MR) is 40.4 cm³/mol. The molecule has 1 amide bonds. The van der Waals surface area contributed by atoms with Gasteiger partial charge in [0.05, 0.1) is 5.69 Å². The molecule has 1 rings (SSSR count). The van der Waals surface area contributed by atoms with Crippen LogP contribution in [0.25, 0.3) is 0 Å². The number of primary amides is 1. The van der Waals surface area contributed by atoms with Crippen LogP contribution in [0, 0.1) is 6.92 Å². The van der Waals surface area contributed by atoms with Gasteiger partial charge in [-0.25, -0.2) is 4.98 Å². The fourth-order valence-corrected chi connectivity index (χ4v) is 1.39. The predicted octanol–water partition coefficient (Wildman–Crippen LogP) is 1.20. The monoisotopic (exact) mass is 176 g/mol. The van der Waals surface area contributed by atoms with Gasteiger partial charge in [-0.05, 0) is 6.92 Å². The Bertz CT molecular complexity index is 251. The second-order valence-corrected chi connectivity index (χ2v) is 3.34. The number of aryl methyl sites for hydroxylation is 1. The van der Waals surface area contributed by atoms with Crippen LogP contribution in [-0.2, 0) is 0 Å². The number of nitrogens with two attached hydrogens (primary N) is 1. The molecular weight excluding hydrogens is 172 g/mol. The maximum Gasteiger partial charge on any atom is 0.277 e. The lowest BCUT2D eigenvalue weighted by Gasteiger charge is -1.80. The zero-order valence-electron chi connectivity index (χ0n) is 5.22. The third kappa shape index (κ3) is 1.27. The first-order valence-corrected chi connectivity index (χ1v) is 3.73. The first-order valence-electron chi connectivity index (χ1n) is 2.54. The highest BCUT2D eigenvalue weighted by Crippen LogP contribution is 2.22. The lowest BCUT2D eigenvalue weighted by molar-refractivity contribution is 0.1000. The zero-order valence-corrected chi connectivity index (χ0v) is 6.79. The highest BCUT2D eigenvalue weighted by Gasteiger charge is 2.08. The van der Waals surface area contributed by atoms with E-state index < -0.39 is 5.91 Å². The van der Waals surface area contributed by atoms with Gasteiger partial charge in [-0.2, -0.15) is 0 Å². The van der Waals surface area contributed by atoms with Gasteiger partial charge in [-0.1, -0.05) is 22.9 Å². The number of nitrogens with zero attached hydrogens (tertiary/aromatic N) is 1. The maximum absolute atomic E-state index is 10.5. The van der Waals surface area contributed by atoms with Crippen LogP contribution in [-0.4, -0.2) is 10.9 Å². The van der Waals surface area contributed by atoms with Crippen molar-refractivity contribution < 1.29 is 4.79 Å². The van der Waals surface area contributed by atoms with E-state index >= 15 is 0 Å². The molecule has 0 atom stereocenters. The Kier molecular flexibility index (Phi) is 1.92. The van der Waals surface area contributed by atoms with Crippen molar-refractivity contribution in [3.63, 3.8) is 0 Å². The van der Waals surface area contributed by atoms with Crippen LogP contribution in [0.3, 0.4) is 0 Å². The van der Waals surface area contributed by atoms with Crippen molar-refractivity contribution in [1.82, 2.24) is 4.98 Å². The lowest BCUT2D eigenvalue weighted by Crippen LogP contribution is -2.10. The molecule has 0 aliphatic rings. The van der Waals surface area contributed by atoms with Crippen molar-refractivity contribution in [2.24, 2.45) is 5.73 Å². The van der Waals surface area contributed by atoms with Gasteiger partial charge < -0.3 is 5.73 Å². The van der Waals surface area contributed by atoms with Crippen LogP contribution in [0.5, 0.6) is 0 Å². The summed E-state index contributed by atoms with van der Waals surface area (Å²) in [5, 5.41) is 0.266. The van der Waals surface area contributed by atoms with Gasteiger partial charge >= 0.3 is 0 Å². The van der Waals surface area contributed by atoms with Gasteiger partial charge in [0.1, 0.15) is 4.34 Å². The summed E-state index contributed by atoms with van der Waals surface area (Å²) in [5.74, 6) is -0.528. The minimum atomic E-state index is -0.528. The number of thiazole rings is 1. The Morgan fingerprint density at radius 2 is 2.40 bits per heavy atom. The zero-order chi connectivity index (χ0) is 7.72. The third-order valence-corrected chi connectivity index (χ3v) is 2.42. The summed E-state index contributed by atoms with van der Waals surface area (Å²) in [5.41, 5.74) is 5.60. The number of hydrogen-bond donors (Lipinski definition) is 1. The Hall–Kier alpha value is -0.610. The molecule has 54 valence electrons. The smallest absolute Gasteiger partial charge is 0.277 e. The van der Waals surface area contributed by atoms with E-state index in [0.717, 1.165) is 11.3 Å². The summed E-state index contributed by atoms with van der Waals surface area (Å²) in [4.78, 5) is 14.3. The number of rotatable bonds is 1. The van der Waals surface area contributed by atoms with Gasteiger partial charge in [0, 0.05) is 0 Å². The summed E-state index contributed by atoms with van der Waals surface area (Å²) in [6.07, 6.45) is 0. The van der Waals surface area contributed by atoms with E-state index in [1.807, 2.05) is 0 Å². The number of amides is 1. The van der Waals surface area contributed by atoms with Crippen molar-refractivity contribution in [3.05, 3.63) is 15.0 Å². The standard InChI is InChI=1S/C5H5ClN2OS/c1-2-3(6)10-5(8-2)4(7)9/h1H3,(H2,7,9). The molecule has 0 aliphatic heterocycles. The van der Waals surface area contributed by atoms with E-state index in [1.54, 1.807) is 6.92 Å². The molecule has 1 aromatic heterocycles. The second-order valence-electron chi connectivity index (χ2n) is 1.74. The van der Waals surface area contributed by atoms with Gasteiger partial charge in [0.25, 0.3) is 5.91 Å². The van der Waals surface area contributed by atoms with Crippen LogP contribution >= 0.6 is 22.9 Å². The van der Waals surface area contributed by atoms with Crippen molar-refractivity contribution in [2.75, 3.05) is 0 Å². The lowest BCUT2D eigenvalue weighted by atomic mass is 10.6. The van der Waals surface area contributed by atoms with Crippen LogP contribution in [0.2, 0.25) is 4.34 Å². The molecule has 2 N–H and O–H groups in total. The van der Waals surface area contributed by atoms with E-state index in [1.165, 1.54) is 0 Å². The molecule has 10 heavy (non-hydrogen) atoms. The Morgan fingerprint density at radius 3 is 2.60 bits per heavy atom. The molecule has 0 aromatic carbocycles. The quantitative estimate of drug-likeness (QED) is 0.699. The molecule has 0 saturated carbocycles. The molecule has 0 bridgehead atoms. The molecule has 0 radical (unpaired) electrons. The van der Waals surface area contributed by atoms with Crippen LogP contribution in [0.15, 0.2) is 0 Å². The third-order valence-electron chi connectivity index (χ3n) is 0.951. The fraction of sp³-hybridized carbons (Fsp3) is 0.200. The fourth-order valence-electron chi connectivity index (χ4n) is 0.483. The second kappa shape index (κ2) is 2.56. The molecule has 5 heteroatoms. The highest BCUT2D eigenvalue weighted by atomic mass is 35.5. The summed E-state index contributed by atoms with van der Waals surface area (Å²) in [7, 11) is 0. The van der Waals surface area contributed by atoms with E-state index in [0.29, 0.717) is 10.0 Å². The maximum atomic E-state index is 10.5. The summed E-state index contributed by atoms with van der Waals surface area (Å²) < 4.78 is 0.522. The minimum absolute atomic E-state index is 0.266. The van der Waals surface area contributed by atoms with Crippen molar-refractivity contribution in [3.8, 4) is 0 Å². The van der Waals surface area contributed by atoms with Crippen molar-refractivity contribution >= 4 is 28.8 Å². The van der Waals surface area contributed by atoms with Gasteiger partial charge in [-0.15, -0.1) is 0 Å². The molecular formula is C5H5ClN2OS. The molecule has 0 aliphatic carbocycles. The normalized spacial score (nSPS) is 9.80. The minimum Gasteiger partial charge on any atom is -0.364 e. The van der Waals surface area contributed by atoms with Crippen molar-refractivity contribution in [2.45, 2.75) is 6.92 Å². The Morgan fingerprint density at radius 1 is 1.80 bits per heavy atom. The number of hydrogen-bond acceptors (Lipinski definition) is 3. The van der Waals surface area contributed by atoms with Gasteiger partial charge in [0.2, 0.25) is 0 Å². The average Bonchev–Trinajstić information content (AvgIpc) is 2.13. The number of halogens is 1. The number of carbonyl (C=O) groups is 1. The van der Waals surface area contributed by atoms with E-state index in [-0.39, 0.29) is 5.01 Å². The molecule has 0 saturated heterocycles. The summed E-state index contributed by atoms with van der Waals surface area (Å²) in [6.45, 7) is 1.73. The summed E-state index contributed by atoms with van der Waals surface area (Å²) in [6, 6.07) is 0. The Labute approximate surface area is 66.8 Å². The van der Waals surface area contributed by atoms with E-state index in [9.17, 15) is 4.79 Å². The molecule has 0 spiro atoms.